The van der Waals surface area contributed by atoms with E-state index in [4.69, 9.17) is 16.3 Å². The number of fused-ring (bicyclic) bond motifs is 1. The van der Waals surface area contributed by atoms with Crippen molar-refractivity contribution < 1.29 is 4.74 Å². The molecule has 0 fully saturated rings. The van der Waals surface area contributed by atoms with Gasteiger partial charge in [0.1, 0.15) is 11.6 Å². The van der Waals surface area contributed by atoms with Crippen LogP contribution in [0.25, 0.3) is 16.6 Å². The molecule has 1 aromatic heterocycles. The molecule has 0 aliphatic carbocycles. The summed E-state index contributed by atoms with van der Waals surface area (Å²) in [6.45, 7) is 0. The van der Waals surface area contributed by atoms with E-state index in [1.54, 1.807) is 19.2 Å². The first-order valence-electron chi connectivity index (χ1n) is 6.45. The summed E-state index contributed by atoms with van der Waals surface area (Å²) >= 11 is 5.97. The van der Waals surface area contributed by atoms with Gasteiger partial charge in [0, 0.05) is 6.07 Å². The Morgan fingerprint density at radius 3 is 2.76 bits per heavy atom. The second kappa shape index (κ2) is 5.58. The van der Waals surface area contributed by atoms with Crippen LogP contribution in [0.5, 0.6) is 5.75 Å². The zero-order chi connectivity index (χ0) is 14.8. The molecule has 3 rings (SSSR count). The number of rotatable bonds is 3. The van der Waals surface area contributed by atoms with E-state index in [-0.39, 0.29) is 11.4 Å². The van der Waals surface area contributed by atoms with Crippen LogP contribution in [0.4, 0.5) is 0 Å². The van der Waals surface area contributed by atoms with Gasteiger partial charge in [0.05, 0.1) is 29.6 Å². The predicted octanol–water partition coefficient (Wildman–Crippen LogP) is 3.13. The molecule has 0 spiro atoms. The van der Waals surface area contributed by atoms with Crippen LogP contribution >= 0.6 is 11.6 Å². The van der Waals surface area contributed by atoms with Crippen molar-refractivity contribution in [2.75, 3.05) is 7.11 Å². The molecule has 106 valence electrons. The van der Waals surface area contributed by atoms with Crippen molar-refractivity contribution >= 4 is 22.5 Å². The summed E-state index contributed by atoms with van der Waals surface area (Å²) in [5.74, 6) is 1.33. The third-order valence-corrected chi connectivity index (χ3v) is 3.52. The van der Waals surface area contributed by atoms with E-state index in [1.807, 2.05) is 36.4 Å². The lowest BCUT2D eigenvalue weighted by molar-refractivity contribution is 0.414. The van der Waals surface area contributed by atoms with E-state index in [0.29, 0.717) is 28.2 Å². The number of nitrogens with zero attached hydrogens (tertiary/aromatic N) is 2. The van der Waals surface area contributed by atoms with Crippen molar-refractivity contribution in [3.05, 3.63) is 64.7 Å². The number of methoxy groups -OCH3 is 1. The zero-order valence-electron chi connectivity index (χ0n) is 11.4. The Balaban J connectivity index is 2.35. The summed E-state index contributed by atoms with van der Waals surface area (Å²) in [6, 6.07) is 14.5. The summed E-state index contributed by atoms with van der Waals surface area (Å²) in [5.41, 5.74) is 1.20. The number of hydrogen-bond acceptors (Lipinski definition) is 3. The SMILES string of the molecule is COc1cccc(-n2c(CCl)nc3ccccc3c2=O)c1. The molecule has 0 saturated carbocycles. The molecule has 0 amide bonds. The molecule has 2 aromatic carbocycles. The fraction of sp³-hybridized carbons (Fsp3) is 0.125. The summed E-state index contributed by atoms with van der Waals surface area (Å²) in [7, 11) is 1.59. The number of aromatic nitrogens is 2. The Hall–Kier alpha value is -2.33. The normalized spacial score (nSPS) is 10.8. The lowest BCUT2D eigenvalue weighted by Crippen LogP contribution is -2.23. The van der Waals surface area contributed by atoms with E-state index in [2.05, 4.69) is 4.98 Å². The van der Waals surface area contributed by atoms with Crippen molar-refractivity contribution in [2.24, 2.45) is 0 Å². The first-order chi connectivity index (χ1) is 10.2. The van der Waals surface area contributed by atoms with Crippen LogP contribution in [0.3, 0.4) is 0 Å². The van der Waals surface area contributed by atoms with Crippen LogP contribution < -0.4 is 10.3 Å². The molecule has 0 bridgehead atoms. The molecule has 0 aliphatic rings. The minimum Gasteiger partial charge on any atom is -0.497 e. The molecule has 3 aromatic rings. The average Bonchev–Trinajstić information content (AvgIpc) is 2.54. The minimum absolute atomic E-state index is 0.135. The maximum Gasteiger partial charge on any atom is 0.266 e. The number of hydrogen-bond donors (Lipinski definition) is 0. The second-order valence-corrected chi connectivity index (χ2v) is 4.79. The predicted molar refractivity (Wildman–Crippen MR) is 83.4 cm³/mol. The Morgan fingerprint density at radius 2 is 2.00 bits per heavy atom. The second-order valence-electron chi connectivity index (χ2n) is 4.52. The van der Waals surface area contributed by atoms with Gasteiger partial charge in [-0.1, -0.05) is 18.2 Å². The summed E-state index contributed by atoms with van der Waals surface area (Å²) in [5, 5.41) is 0.564. The topological polar surface area (TPSA) is 44.1 Å². The Kier molecular flexibility index (Phi) is 3.62. The lowest BCUT2D eigenvalue weighted by Gasteiger charge is -2.12. The van der Waals surface area contributed by atoms with Crippen LogP contribution in [-0.2, 0) is 5.88 Å². The smallest absolute Gasteiger partial charge is 0.266 e. The number of para-hydroxylation sites is 1. The zero-order valence-corrected chi connectivity index (χ0v) is 12.2. The number of ether oxygens (including phenoxy) is 1. The van der Waals surface area contributed by atoms with E-state index in [9.17, 15) is 4.79 Å². The van der Waals surface area contributed by atoms with Crippen LogP contribution in [0.2, 0.25) is 0 Å². The first-order valence-corrected chi connectivity index (χ1v) is 6.99. The van der Waals surface area contributed by atoms with Crippen molar-refractivity contribution in [1.82, 2.24) is 9.55 Å². The van der Waals surface area contributed by atoms with Crippen LogP contribution in [0.1, 0.15) is 5.82 Å². The Bertz CT molecular complexity index is 858. The lowest BCUT2D eigenvalue weighted by atomic mass is 10.2. The van der Waals surface area contributed by atoms with Gasteiger partial charge < -0.3 is 4.74 Å². The molecule has 0 aliphatic heterocycles. The van der Waals surface area contributed by atoms with Gasteiger partial charge in [-0.05, 0) is 24.3 Å². The van der Waals surface area contributed by atoms with Crippen molar-refractivity contribution in [2.45, 2.75) is 5.88 Å². The highest BCUT2D eigenvalue weighted by Crippen LogP contribution is 2.18. The van der Waals surface area contributed by atoms with Gasteiger partial charge in [-0.25, -0.2) is 4.98 Å². The van der Waals surface area contributed by atoms with Crippen molar-refractivity contribution in [1.29, 1.82) is 0 Å². The fourth-order valence-corrected chi connectivity index (χ4v) is 2.46. The van der Waals surface area contributed by atoms with Crippen molar-refractivity contribution in [3.63, 3.8) is 0 Å². The van der Waals surface area contributed by atoms with Gasteiger partial charge in [-0.3, -0.25) is 9.36 Å². The number of benzene rings is 2. The van der Waals surface area contributed by atoms with Gasteiger partial charge in [-0.15, -0.1) is 11.6 Å². The average molecular weight is 301 g/mol. The molecular weight excluding hydrogens is 288 g/mol. The van der Waals surface area contributed by atoms with Gasteiger partial charge in [0.25, 0.3) is 5.56 Å². The van der Waals surface area contributed by atoms with Crippen LogP contribution in [0, 0.1) is 0 Å². The molecular formula is C16H13ClN2O2. The molecule has 1 heterocycles. The first kappa shape index (κ1) is 13.6. The van der Waals surface area contributed by atoms with Crippen LogP contribution in [0.15, 0.2) is 53.3 Å². The Morgan fingerprint density at radius 1 is 1.19 bits per heavy atom. The van der Waals surface area contributed by atoms with Gasteiger partial charge in [0.2, 0.25) is 0 Å². The van der Waals surface area contributed by atoms with E-state index < -0.39 is 0 Å². The summed E-state index contributed by atoms with van der Waals surface area (Å²) in [6.07, 6.45) is 0. The van der Waals surface area contributed by atoms with Crippen molar-refractivity contribution in [3.8, 4) is 11.4 Å². The maximum atomic E-state index is 12.7. The number of alkyl halides is 1. The van der Waals surface area contributed by atoms with Gasteiger partial charge in [0.15, 0.2) is 0 Å². The molecule has 0 atom stereocenters. The highest BCUT2D eigenvalue weighted by atomic mass is 35.5. The van der Waals surface area contributed by atoms with E-state index in [1.165, 1.54) is 4.57 Å². The molecule has 0 saturated heterocycles. The fourth-order valence-electron chi connectivity index (χ4n) is 2.28. The Labute approximate surface area is 126 Å². The molecule has 0 unspecified atom stereocenters. The summed E-state index contributed by atoms with van der Waals surface area (Å²) in [4.78, 5) is 17.2. The largest absolute Gasteiger partial charge is 0.497 e. The van der Waals surface area contributed by atoms with Gasteiger partial charge >= 0.3 is 0 Å². The summed E-state index contributed by atoms with van der Waals surface area (Å²) < 4.78 is 6.73. The quantitative estimate of drug-likeness (QED) is 0.698. The number of halogens is 1. The molecule has 0 N–H and O–H groups in total. The van der Waals surface area contributed by atoms with Gasteiger partial charge in [-0.2, -0.15) is 0 Å². The maximum absolute atomic E-state index is 12.7. The highest BCUT2D eigenvalue weighted by molar-refractivity contribution is 6.16. The molecule has 4 nitrogen and oxygen atoms in total. The molecule has 0 radical (unpaired) electrons. The monoisotopic (exact) mass is 300 g/mol. The third-order valence-electron chi connectivity index (χ3n) is 3.28. The standard InChI is InChI=1S/C16H13ClN2O2/c1-21-12-6-4-5-11(9-12)19-15(10-17)18-14-8-3-2-7-13(14)16(19)20/h2-9H,10H2,1H3. The third kappa shape index (κ3) is 2.38. The minimum atomic E-state index is -0.135. The van der Waals surface area contributed by atoms with Crippen LogP contribution in [-0.4, -0.2) is 16.7 Å². The molecule has 5 heteroatoms. The molecule has 21 heavy (non-hydrogen) atoms. The van der Waals surface area contributed by atoms with E-state index >= 15 is 0 Å². The van der Waals surface area contributed by atoms with E-state index in [0.717, 1.165) is 0 Å². The highest BCUT2D eigenvalue weighted by Gasteiger charge is 2.12.